The van der Waals surface area contributed by atoms with E-state index in [1.165, 1.54) is 22.4 Å². The van der Waals surface area contributed by atoms with E-state index in [2.05, 4.69) is 36.5 Å². The summed E-state index contributed by atoms with van der Waals surface area (Å²) in [6, 6.07) is 14.8. The number of halogens is 4. The number of nitrogens with zero attached hydrogens (tertiary/aromatic N) is 5. The van der Waals surface area contributed by atoms with Gasteiger partial charge in [-0.3, -0.25) is 29.3 Å². The van der Waals surface area contributed by atoms with E-state index >= 15 is 0 Å². The van der Waals surface area contributed by atoms with Crippen LogP contribution in [0.5, 0.6) is 0 Å². The van der Waals surface area contributed by atoms with Crippen molar-refractivity contribution < 1.29 is 56.0 Å². The molecule has 2 aromatic carbocycles. The van der Waals surface area contributed by atoms with Crippen LogP contribution < -0.4 is 15.6 Å². The molecule has 0 radical (unpaired) electrons. The third-order valence-corrected chi connectivity index (χ3v) is 15.0. The Morgan fingerprint density at radius 2 is 1.66 bits per heavy atom. The predicted octanol–water partition coefficient (Wildman–Crippen LogP) is 9.45. The number of hydrogen-bond acceptors (Lipinski definition) is 13. The van der Waals surface area contributed by atoms with Gasteiger partial charge in [-0.25, -0.2) is 10.2 Å². The van der Waals surface area contributed by atoms with Crippen molar-refractivity contribution in [1.82, 2.24) is 30.2 Å². The van der Waals surface area contributed by atoms with Crippen molar-refractivity contribution in [2.24, 2.45) is 11.3 Å². The summed E-state index contributed by atoms with van der Waals surface area (Å²) >= 11 is 3.59. The summed E-state index contributed by atoms with van der Waals surface area (Å²) in [4.78, 5) is 64.7. The number of piperazine rings is 1. The molecule has 8 rings (SSSR count). The number of aromatic nitrogens is 2. The molecule has 0 bridgehead atoms. The molecule has 1 saturated carbocycles. The number of alkyl halides is 3. The molecule has 1 unspecified atom stereocenters. The molecule has 5 heterocycles. The second-order valence-electron chi connectivity index (χ2n) is 22.5. The van der Waals surface area contributed by atoms with Crippen LogP contribution in [0.1, 0.15) is 109 Å². The highest BCUT2D eigenvalue weighted by Crippen LogP contribution is 2.44. The van der Waals surface area contributed by atoms with Crippen molar-refractivity contribution in [2.75, 3.05) is 57.9 Å². The Kier molecular flexibility index (Phi) is 18.1. The van der Waals surface area contributed by atoms with Gasteiger partial charge in [0.25, 0.3) is 5.91 Å². The maximum absolute atomic E-state index is 14.8. The standard InChI is InChI=1S/C56H73BrF3N7O9/c1-35(72-7)48-43(28-40(31-61-48)65-23-21-64(22-24-65)39-16-17-39)49-44(42-27-38(57)15-18-47(42)66(49)33-56(58,59)60)30-55(5,6)34-75-52(70)45-14-11-20-67(63-45)50(68)46(62-53(71)74-32-36-12-9-8-10-13-36)29-41-26-37(19-25-73-41)51(69)76-54(2,3)4/h8-10,12-13,15,18,27-28,31,35,37,39,41,45-46,63H,11,14,16-17,19-26,29-30,32-34H2,1-7H3,(H,62,71)/t35-,37?,41+,45-,46-/m0/s1. The molecule has 2 amide bonds. The molecule has 16 nitrogen and oxygen atoms in total. The second-order valence-corrected chi connectivity index (χ2v) is 23.4. The Balaban J connectivity index is 1.01. The summed E-state index contributed by atoms with van der Waals surface area (Å²) in [6.45, 7) is 13.4. The van der Waals surface area contributed by atoms with Gasteiger partial charge in [0.1, 0.15) is 30.8 Å². The summed E-state index contributed by atoms with van der Waals surface area (Å²) in [6.07, 6.45) is -0.651. The first-order valence-electron chi connectivity index (χ1n) is 26.5. The SMILES string of the molecule is CO[C@@H](C)c1ncc(N2CCN(C3CC3)CC2)cc1-c1c(CC(C)(C)COC(=O)[C@@H]2CCCN(C(=O)[C@H](C[C@H]3CC(C(=O)OC(C)(C)C)CCO3)NC(=O)OCc3ccccc3)N2)c2cc(Br)ccc2n1CC(F)(F)F. The number of nitrogens with one attached hydrogen (secondary N) is 2. The van der Waals surface area contributed by atoms with Gasteiger partial charge >= 0.3 is 24.2 Å². The zero-order valence-electron chi connectivity index (χ0n) is 44.7. The van der Waals surface area contributed by atoms with Crippen LogP contribution in [0.15, 0.2) is 65.3 Å². The zero-order chi connectivity index (χ0) is 54.5. The van der Waals surface area contributed by atoms with E-state index in [1.54, 1.807) is 46.2 Å². The fourth-order valence-electron chi connectivity index (χ4n) is 10.5. The van der Waals surface area contributed by atoms with E-state index in [4.69, 9.17) is 28.7 Å². The maximum atomic E-state index is 14.8. The lowest BCUT2D eigenvalue weighted by atomic mass is 9.84. The van der Waals surface area contributed by atoms with Crippen LogP contribution >= 0.6 is 15.9 Å². The number of carbonyl (C=O) groups is 4. The fourth-order valence-corrected chi connectivity index (χ4v) is 10.9. The minimum Gasteiger partial charge on any atom is -0.464 e. The number of ether oxygens (including phenoxy) is 5. The van der Waals surface area contributed by atoms with E-state index in [1.807, 2.05) is 63.2 Å². The number of hydrogen-bond donors (Lipinski definition) is 2. The molecule has 4 fully saturated rings. The normalized spacial score (nSPS) is 20.8. The Hall–Kier alpha value is -5.28. The van der Waals surface area contributed by atoms with E-state index in [0.717, 1.165) is 37.4 Å². The number of carbonyl (C=O) groups excluding carboxylic acids is 4. The number of fused-ring (bicyclic) bond motifs is 1. The third kappa shape index (κ3) is 14.8. The molecule has 4 aromatic rings. The van der Waals surface area contributed by atoms with E-state index < -0.39 is 71.9 Å². The monoisotopic (exact) mass is 1120 g/mol. The number of esters is 2. The summed E-state index contributed by atoms with van der Waals surface area (Å²) in [5, 5.41) is 4.65. The summed E-state index contributed by atoms with van der Waals surface area (Å²) in [7, 11) is 1.55. The van der Waals surface area contributed by atoms with Crippen molar-refractivity contribution in [1.29, 1.82) is 0 Å². The molecule has 414 valence electrons. The van der Waals surface area contributed by atoms with Crippen LogP contribution in [0.2, 0.25) is 0 Å². The molecule has 76 heavy (non-hydrogen) atoms. The minimum absolute atomic E-state index is 0.0155. The van der Waals surface area contributed by atoms with Crippen LogP contribution in [0, 0.1) is 11.3 Å². The number of alkyl carbamates (subject to hydrolysis) is 1. The second kappa shape index (κ2) is 24.2. The number of hydrazine groups is 1. The topological polar surface area (TPSA) is 166 Å². The first kappa shape index (κ1) is 56.9. The molecular weight excluding hydrogens is 1050 g/mol. The highest BCUT2D eigenvalue weighted by molar-refractivity contribution is 9.10. The minimum atomic E-state index is -4.58. The summed E-state index contributed by atoms with van der Waals surface area (Å²) < 4.78 is 75.6. The molecule has 3 aliphatic heterocycles. The molecule has 2 aromatic heterocycles. The lowest BCUT2D eigenvalue weighted by Gasteiger charge is -2.37. The Labute approximate surface area is 451 Å². The number of pyridine rings is 1. The van der Waals surface area contributed by atoms with Crippen LogP contribution in [-0.4, -0.2) is 132 Å². The zero-order valence-corrected chi connectivity index (χ0v) is 46.3. The van der Waals surface area contributed by atoms with E-state index in [0.29, 0.717) is 63.2 Å². The van der Waals surface area contributed by atoms with Crippen LogP contribution in [0.25, 0.3) is 22.2 Å². The van der Waals surface area contributed by atoms with Crippen molar-refractivity contribution in [3.8, 4) is 11.3 Å². The van der Waals surface area contributed by atoms with Crippen molar-refractivity contribution in [3.63, 3.8) is 0 Å². The molecule has 2 N–H and O–H groups in total. The predicted molar refractivity (Wildman–Crippen MR) is 284 cm³/mol. The van der Waals surface area contributed by atoms with Gasteiger partial charge in [-0.15, -0.1) is 0 Å². The lowest BCUT2D eigenvalue weighted by molar-refractivity contribution is -0.165. The molecule has 20 heteroatoms. The number of anilines is 1. The van der Waals surface area contributed by atoms with Gasteiger partial charge in [0.2, 0.25) is 0 Å². The van der Waals surface area contributed by atoms with Crippen LogP contribution in [-0.2, 0) is 57.6 Å². The Bertz CT molecular complexity index is 2690. The van der Waals surface area contributed by atoms with Crippen LogP contribution in [0.4, 0.5) is 23.7 Å². The van der Waals surface area contributed by atoms with Crippen molar-refractivity contribution in [3.05, 3.63) is 82.1 Å². The molecule has 1 aliphatic carbocycles. The van der Waals surface area contributed by atoms with Crippen LogP contribution in [0.3, 0.4) is 0 Å². The number of methoxy groups -OCH3 is 1. The van der Waals surface area contributed by atoms with Crippen molar-refractivity contribution >= 4 is 56.5 Å². The molecule has 0 spiro atoms. The van der Waals surface area contributed by atoms with E-state index in [9.17, 15) is 32.3 Å². The number of benzene rings is 2. The average molecular weight is 1130 g/mol. The first-order valence-corrected chi connectivity index (χ1v) is 27.3. The van der Waals surface area contributed by atoms with Gasteiger partial charge in [0.15, 0.2) is 0 Å². The average Bonchev–Trinajstić information content (AvgIpc) is 4.22. The lowest BCUT2D eigenvalue weighted by Crippen LogP contribution is -2.60. The first-order chi connectivity index (χ1) is 36.0. The largest absolute Gasteiger partial charge is 0.464 e. The number of rotatable bonds is 18. The Morgan fingerprint density at radius 1 is 0.921 bits per heavy atom. The molecule has 5 atom stereocenters. The smallest absolute Gasteiger partial charge is 0.408 e. The fraction of sp³-hybridized carbons (Fsp3) is 0.589. The highest BCUT2D eigenvalue weighted by atomic mass is 79.9. The number of amides is 2. The highest BCUT2D eigenvalue weighted by Gasteiger charge is 2.40. The molecule has 4 aliphatic rings. The van der Waals surface area contributed by atoms with Gasteiger partial charge in [0.05, 0.1) is 48.0 Å². The van der Waals surface area contributed by atoms with E-state index in [-0.39, 0.29) is 51.6 Å². The molecule has 3 saturated heterocycles. The summed E-state index contributed by atoms with van der Waals surface area (Å²) in [5.74, 6) is -1.98. The quantitative estimate of drug-likeness (QED) is 0.0716. The summed E-state index contributed by atoms with van der Waals surface area (Å²) in [5.41, 5.74) is 5.52. The molecular formula is C56H73BrF3N7O9. The Morgan fingerprint density at radius 3 is 2.34 bits per heavy atom. The van der Waals surface area contributed by atoms with Gasteiger partial charge in [0, 0.05) is 85.3 Å². The van der Waals surface area contributed by atoms with Crippen molar-refractivity contribution in [2.45, 2.75) is 148 Å². The maximum Gasteiger partial charge on any atom is 0.408 e. The van der Waals surface area contributed by atoms with Gasteiger partial charge in [-0.2, -0.15) is 13.2 Å². The van der Waals surface area contributed by atoms with Gasteiger partial charge in [-0.05, 0) is 108 Å². The van der Waals surface area contributed by atoms with Gasteiger partial charge in [-0.1, -0.05) is 60.1 Å². The van der Waals surface area contributed by atoms with Gasteiger partial charge < -0.3 is 38.5 Å². The third-order valence-electron chi connectivity index (χ3n) is 14.5.